The van der Waals surface area contributed by atoms with E-state index in [0.29, 0.717) is 19.5 Å². The van der Waals surface area contributed by atoms with Crippen LogP contribution in [0.1, 0.15) is 59.4 Å². The number of aromatic nitrogens is 1. The van der Waals surface area contributed by atoms with Crippen molar-refractivity contribution < 1.29 is 19.5 Å². The summed E-state index contributed by atoms with van der Waals surface area (Å²) in [5.41, 5.74) is 0.109. The minimum Gasteiger partial charge on any atom is -0.478 e. The highest BCUT2D eigenvalue weighted by atomic mass is 16.4. The SMILES string of the molecule is O=C(O)c1ccnc(C(=O)NC2CCN(C(=O)C3CCCCC3)C2)c1. The van der Waals surface area contributed by atoms with Crippen molar-refractivity contribution in [1.29, 1.82) is 0 Å². The predicted molar refractivity (Wildman–Crippen MR) is 90.2 cm³/mol. The molecule has 7 heteroatoms. The molecular formula is C18H23N3O4. The zero-order valence-corrected chi connectivity index (χ0v) is 14.1. The average Bonchev–Trinajstić information content (AvgIpc) is 3.10. The second kappa shape index (κ2) is 7.63. The molecular weight excluding hydrogens is 322 g/mol. The van der Waals surface area contributed by atoms with Crippen molar-refractivity contribution in [3.05, 3.63) is 29.6 Å². The van der Waals surface area contributed by atoms with E-state index in [0.717, 1.165) is 25.7 Å². The molecule has 0 spiro atoms. The van der Waals surface area contributed by atoms with Crippen molar-refractivity contribution in [2.45, 2.75) is 44.6 Å². The summed E-state index contributed by atoms with van der Waals surface area (Å²) in [6.45, 7) is 1.17. The predicted octanol–water partition coefficient (Wildman–Crippen LogP) is 1.69. The molecule has 2 heterocycles. The summed E-state index contributed by atoms with van der Waals surface area (Å²) in [5.74, 6) is -1.15. The number of carbonyl (C=O) groups excluding carboxylic acids is 2. The number of amides is 2. The van der Waals surface area contributed by atoms with Crippen LogP contribution in [-0.2, 0) is 4.79 Å². The average molecular weight is 345 g/mol. The molecule has 0 bridgehead atoms. The monoisotopic (exact) mass is 345 g/mol. The van der Waals surface area contributed by atoms with E-state index in [9.17, 15) is 14.4 Å². The quantitative estimate of drug-likeness (QED) is 0.865. The number of carboxylic acid groups (broad SMARTS) is 1. The normalized spacial score (nSPS) is 21.1. The Morgan fingerprint density at radius 2 is 1.92 bits per heavy atom. The van der Waals surface area contributed by atoms with Crippen molar-refractivity contribution in [3.63, 3.8) is 0 Å². The van der Waals surface area contributed by atoms with Crippen LogP contribution in [0.5, 0.6) is 0 Å². The van der Waals surface area contributed by atoms with Crippen LogP contribution in [0.25, 0.3) is 0 Å². The molecule has 3 rings (SSSR count). The largest absolute Gasteiger partial charge is 0.478 e. The lowest BCUT2D eigenvalue weighted by Gasteiger charge is -2.26. The smallest absolute Gasteiger partial charge is 0.335 e. The van der Waals surface area contributed by atoms with Gasteiger partial charge in [0.05, 0.1) is 5.56 Å². The van der Waals surface area contributed by atoms with Gasteiger partial charge in [-0.05, 0) is 31.4 Å². The molecule has 0 aromatic carbocycles. The van der Waals surface area contributed by atoms with Gasteiger partial charge in [-0.2, -0.15) is 0 Å². The van der Waals surface area contributed by atoms with E-state index >= 15 is 0 Å². The lowest BCUT2D eigenvalue weighted by atomic mass is 9.88. The molecule has 7 nitrogen and oxygen atoms in total. The summed E-state index contributed by atoms with van der Waals surface area (Å²) >= 11 is 0. The molecule has 1 aromatic heterocycles. The molecule has 1 aliphatic carbocycles. The minimum atomic E-state index is -1.10. The third kappa shape index (κ3) is 4.15. The fraction of sp³-hybridized carbons (Fsp3) is 0.556. The molecule has 0 radical (unpaired) electrons. The number of pyridine rings is 1. The molecule has 1 atom stereocenters. The van der Waals surface area contributed by atoms with Crippen LogP contribution in [0, 0.1) is 5.92 Å². The van der Waals surface area contributed by atoms with Gasteiger partial charge in [0.1, 0.15) is 5.69 Å². The Labute approximate surface area is 146 Å². The van der Waals surface area contributed by atoms with Gasteiger partial charge in [0, 0.05) is 31.2 Å². The maximum Gasteiger partial charge on any atom is 0.335 e. The standard InChI is InChI=1S/C18H23N3O4/c22-16(15-10-13(18(24)25)6-8-19-15)20-14-7-9-21(11-14)17(23)12-4-2-1-3-5-12/h6,8,10,12,14H,1-5,7,9,11H2,(H,20,22)(H,24,25). The molecule has 1 saturated heterocycles. The van der Waals surface area contributed by atoms with Crippen LogP contribution in [0.4, 0.5) is 0 Å². The van der Waals surface area contributed by atoms with E-state index in [1.54, 1.807) is 0 Å². The van der Waals surface area contributed by atoms with E-state index in [-0.39, 0.29) is 29.1 Å². The minimum absolute atomic E-state index is 0.0284. The summed E-state index contributed by atoms with van der Waals surface area (Å²) in [7, 11) is 0. The Kier molecular flexibility index (Phi) is 5.31. The molecule has 2 aliphatic rings. The first kappa shape index (κ1) is 17.4. The Morgan fingerprint density at radius 1 is 1.16 bits per heavy atom. The van der Waals surface area contributed by atoms with Crippen molar-refractivity contribution in [1.82, 2.24) is 15.2 Å². The Morgan fingerprint density at radius 3 is 2.64 bits per heavy atom. The third-order valence-corrected chi connectivity index (χ3v) is 5.03. The molecule has 25 heavy (non-hydrogen) atoms. The van der Waals surface area contributed by atoms with E-state index < -0.39 is 11.9 Å². The number of rotatable bonds is 4. The molecule has 1 saturated carbocycles. The number of nitrogens with zero attached hydrogens (tertiary/aromatic N) is 2. The maximum atomic E-state index is 12.6. The van der Waals surface area contributed by atoms with Gasteiger partial charge in [0.15, 0.2) is 0 Å². The third-order valence-electron chi connectivity index (χ3n) is 5.03. The molecule has 2 amide bonds. The van der Waals surface area contributed by atoms with Gasteiger partial charge in [-0.15, -0.1) is 0 Å². The van der Waals surface area contributed by atoms with Gasteiger partial charge in [-0.25, -0.2) is 4.79 Å². The van der Waals surface area contributed by atoms with Gasteiger partial charge >= 0.3 is 5.97 Å². The van der Waals surface area contributed by atoms with Crippen LogP contribution in [0.2, 0.25) is 0 Å². The fourth-order valence-corrected chi connectivity index (χ4v) is 3.63. The Hall–Kier alpha value is -2.44. The lowest BCUT2D eigenvalue weighted by molar-refractivity contribution is -0.135. The molecule has 1 aromatic rings. The fourth-order valence-electron chi connectivity index (χ4n) is 3.63. The Bertz CT molecular complexity index is 670. The van der Waals surface area contributed by atoms with Gasteiger partial charge in [-0.3, -0.25) is 14.6 Å². The van der Waals surface area contributed by atoms with Crippen LogP contribution in [0.15, 0.2) is 18.3 Å². The van der Waals surface area contributed by atoms with Crippen LogP contribution >= 0.6 is 0 Å². The zero-order valence-electron chi connectivity index (χ0n) is 14.1. The van der Waals surface area contributed by atoms with E-state index in [1.165, 1.54) is 24.8 Å². The first-order valence-corrected chi connectivity index (χ1v) is 8.83. The number of hydrogen-bond acceptors (Lipinski definition) is 4. The maximum absolute atomic E-state index is 12.6. The first-order chi connectivity index (χ1) is 12.0. The molecule has 2 N–H and O–H groups in total. The summed E-state index contributed by atoms with van der Waals surface area (Å²) < 4.78 is 0. The molecule has 134 valence electrons. The number of nitrogens with one attached hydrogen (secondary N) is 1. The lowest BCUT2D eigenvalue weighted by Crippen LogP contribution is -2.40. The topological polar surface area (TPSA) is 99.6 Å². The van der Waals surface area contributed by atoms with Crippen LogP contribution < -0.4 is 5.32 Å². The van der Waals surface area contributed by atoms with E-state index in [4.69, 9.17) is 5.11 Å². The highest BCUT2D eigenvalue weighted by Crippen LogP contribution is 2.26. The van der Waals surface area contributed by atoms with Crippen molar-refractivity contribution in [3.8, 4) is 0 Å². The zero-order chi connectivity index (χ0) is 17.8. The van der Waals surface area contributed by atoms with Crippen LogP contribution in [-0.4, -0.2) is 51.9 Å². The van der Waals surface area contributed by atoms with Crippen molar-refractivity contribution in [2.75, 3.05) is 13.1 Å². The number of carboxylic acids is 1. The van der Waals surface area contributed by atoms with Gasteiger partial charge in [-0.1, -0.05) is 19.3 Å². The van der Waals surface area contributed by atoms with E-state index in [2.05, 4.69) is 10.3 Å². The van der Waals surface area contributed by atoms with Gasteiger partial charge in [0.25, 0.3) is 5.91 Å². The summed E-state index contributed by atoms with van der Waals surface area (Å²) in [6.07, 6.45) is 7.42. The molecule has 1 unspecified atom stereocenters. The number of carbonyl (C=O) groups is 3. The van der Waals surface area contributed by atoms with Gasteiger partial charge < -0.3 is 15.3 Å². The second-order valence-corrected chi connectivity index (χ2v) is 6.81. The molecule has 2 fully saturated rings. The number of hydrogen-bond donors (Lipinski definition) is 2. The summed E-state index contributed by atoms with van der Waals surface area (Å²) in [5, 5.41) is 11.9. The second-order valence-electron chi connectivity index (χ2n) is 6.81. The molecule has 1 aliphatic heterocycles. The summed E-state index contributed by atoms with van der Waals surface area (Å²) in [4.78, 5) is 41.6. The van der Waals surface area contributed by atoms with Crippen LogP contribution in [0.3, 0.4) is 0 Å². The highest BCUT2D eigenvalue weighted by molar-refractivity contribution is 5.96. The highest BCUT2D eigenvalue weighted by Gasteiger charge is 2.32. The first-order valence-electron chi connectivity index (χ1n) is 8.83. The Balaban J connectivity index is 1.55. The van der Waals surface area contributed by atoms with Gasteiger partial charge in [0.2, 0.25) is 5.91 Å². The summed E-state index contributed by atoms with van der Waals surface area (Å²) in [6, 6.07) is 2.49. The number of aromatic carboxylic acids is 1. The van der Waals surface area contributed by atoms with E-state index in [1.807, 2.05) is 4.90 Å². The number of likely N-dealkylation sites (tertiary alicyclic amines) is 1. The van der Waals surface area contributed by atoms with Crippen molar-refractivity contribution in [2.24, 2.45) is 5.92 Å². The van der Waals surface area contributed by atoms with Crippen molar-refractivity contribution >= 4 is 17.8 Å².